The number of hydrogen-bond acceptors (Lipinski definition) is 5. The van der Waals surface area contributed by atoms with Crippen molar-refractivity contribution in [3.8, 4) is 11.5 Å². The van der Waals surface area contributed by atoms with Crippen molar-refractivity contribution in [1.29, 1.82) is 0 Å². The lowest BCUT2D eigenvalue weighted by atomic mass is 10.1. The maximum Gasteiger partial charge on any atom is 0.258 e. The second kappa shape index (κ2) is 6.70. The molecule has 0 saturated carbocycles. The summed E-state index contributed by atoms with van der Waals surface area (Å²) in [6.45, 7) is 0.491. The summed E-state index contributed by atoms with van der Waals surface area (Å²) in [6.07, 6.45) is 4.61. The Labute approximate surface area is 137 Å². The molecule has 1 aromatic carbocycles. The molecule has 3 rings (SSSR count). The zero-order valence-corrected chi connectivity index (χ0v) is 13.7. The molecule has 0 atom stereocenters. The number of amides is 1. The van der Waals surface area contributed by atoms with E-state index in [0.29, 0.717) is 30.0 Å². The molecule has 1 amide bonds. The van der Waals surface area contributed by atoms with E-state index in [1.54, 1.807) is 29.5 Å². The van der Waals surface area contributed by atoms with Gasteiger partial charge >= 0.3 is 0 Å². The van der Waals surface area contributed by atoms with Gasteiger partial charge in [0, 0.05) is 30.7 Å². The number of benzene rings is 1. The van der Waals surface area contributed by atoms with E-state index in [2.05, 4.69) is 10.3 Å². The first-order valence-electron chi connectivity index (χ1n) is 7.13. The molecule has 23 heavy (non-hydrogen) atoms. The van der Waals surface area contributed by atoms with Crippen LogP contribution in [-0.2, 0) is 6.42 Å². The minimum absolute atomic E-state index is 0.222. The van der Waals surface area contributed by atoms with Crippen molar-refractivity contribution in [2.45, 2.75) is 6.42 Å². The summed E-state index contributed by atoms with van der Waals surface area (Å²) in [4.78, 5) is 17.9. The van der Waals surface area contributed by atoms with Gasteiger partial charge in [-0.05, 0) is 12.1 Å². The Morgan fingerprint density at radius 2 is 2.04 bits per heavy atom. The van der Waals surface area contributed by atoms with Crippen LogP contribution in [0.3, 0.4) is 0 Å². The van der Waals surface area contributed by atoms with Gasteiger partial charge in [0.05, 0.1) is 19.9 Å². The van der Waals surface area contributed by atoms with Gasteiger partial charge in [0.25, 0.3) is 5.91 Å². The summed E-state index contributed by atoms with van der Waals surface area (Å²) in [5.41, 5.74) is 1.35. The largest absolute Gasteiger partial charge is 0.496 e. The van der Waals surface area contributed by atoms with Crippen LogP contribution < -0.4 is 14.8 Å². The average molecular weight is 331 g/mol. The Balaban J connectivity index is 1.66. The van der Waals surface area contributed by atoms with Crippen LogP contribution in [0.5, 0.6) is 11.5 Å². The fourth-order valence-corrected chi connectivity index (χ4v) is 3.08. The maximum absolute atomic E-state index is 12.4. The Bertz CT molecular complexity index is 774. The summed E-state index contributed by atoms with van der Waals surface area (Å²) >= 11 is 1.59. The zero-order chi connectivity index (χ0) is 16.2. The molecular weight excluding hydrogens is 314 g/mol. The van der Waals surface area contributed by atoms with Crippen LogP contribution in [0.4, 0.5) is 0 Å². The molecule has 0 spiro atoms. The first-order chi connectivity index (χ1) is 11.2. The molecule has 0 saturated heterocycles. The third-order valence-corrected chi connectivity index (χ3v) is 4.24. The number of nitrogens with one attached hydrogen (secondary N) is 1. The van der Waals surface area contributed by atoms with E-state index in [-0.39, 0.29) is 5.91 Å². The highest BCUT2D eigenvalue weighted by Crippen LogP contribution is 2.27. The Morgan fingerprint density at radius 3 is 2.70 bits per heavy atom. The molecule has 2 heterocycles. The highest BCUT2D eigenvalue weighted by molar-refractivity contribution is 7.15. The number of nitrogens with zero attached hydrogens (tertiary/aromatic N) is 2. The van der Waals surface area contributed by atoms with E-state index in [4.69, 9.17) is 9.47 Å². The molecular formula is C16H17N3O3S. The smallest absolute Gasteiger partial charge is 0.258 e. The van der Waals surface area contributed by atoms with E-state index in [0.717, 1.165) is 10.7 Å². The van der Waals surface area contributed by atoms with Crippen LogP contribution >= 0.6 is 11.3 Å². The van der Waals surface area contributed by atoms with Crippen molar-refractivity contribution >= 4 is 22.2 Å². The molecule has 0 radical (unpaired) electrons. The number of imidazole rings is 1. The minimum atomic E-state index is -0.222. The summed E-state index contributed by atoms with van der Waals surface area (Å²) < 4.78 is 12.5. The number of rotatable bonds is 6. The van der Waals surface area contributed by atoms with Crippen LogP contribution in [0, 0.1) is 0 Å². The highest BCUT2D eigenvalue weighted by Gasteiger charge is 2.17. The lowest BCUT2D eigenvalue weighted by molar-refractivity contribution is 0.0948. The molecule has 0 aliphatic rings. The monoisotopic (exact) mass is 331 g/mol. The van der Waals surface area contributed by atoms with Crippen LogP contribution in [0.1, 0.15) is 16.1 Å². The summed E-state index contributed by atoms with van der Waals surface area (Å²) in [7, 11) is 3.06. The lowest BCUT2D eigenvalue weighted by Crippen LogP contribution is -2.26. The van der Waals surface area contributed by atoms with Gasteiger partial charge in [0.1, 0.15) is 17.1 Å². The summed E-state index contributed by atoms with van der Waals surface area (Å²) in [6, 6.07) is 5.26. The molecule has 0 unspecified atom stereocenters. The number of aromatic nitrogens is 2. The van der Waals surface area contributed by atoms with Gasteiger partial charge in [0.15, 0.2) is 4.96 Å². The van der Waals surface area contributed by atoms with Crippen molar-refractivity contribution in [2.24, 2.45) is 0 Å². The molecule has 1 N–H and O–H groups in total. The first-order valence-corrected chi connectivity index (χ1v) is 8.01. The number of carbonyl (C=O) groups excluding carboxylic acids is 1. The van der Waals surface area contributed by atoms with Crippen molar-refractivity contribution in [3.05, 3.63) is 47.2 Å². The number of ether oxygens (including phenoxy) is 2. The Morgan fingerprint density at radius 1 is 1.30 bits per heavy atom. The van der Waals surface area contributed by atoms with Gasteiger partial charge in [-0.2, -0.15) is 0 Å². The topological polar surface area (TPSA) is 64.9 Å². The molecule has 0 fully saturated rings. The zero-order valence-electron chi connectivity index (χ0n) is 12.9. The predicted octanol–water partition coefficient (Wildman–Crippen LogP) is 2.39. The van der Waals surface area contributed by atoms with Gasteiger partial charge in [-0.15, -0.1) is 11.3 Å². The maximum atomic E-state index is 12.4. The van der Waals surface area contributed by atoms with Crippen LogP contribution in [-0.4, -0.2) is 36.1 Å². The second-order valence-corrected chi connectivity index (χ2v) is 5.74. The van der Waals surface area contributed by atoms with Crippen molar-refractivity contribution < 1.29 is 14.3 Å². The van der Waals surface area contributed by atoms with E-state index >= 15 is 0 Å². The number of thiazole rings is 1. The third-order valence-electron chi connectivity index (χ3n) is 3.46. The molecule has 2 aromatic heterocycles. The van der Waals surface area contributed by atoms with Gasteiger partial charge in [0.2, 0.25) is 0 Å². The van der Waals surface area contributed by atoms with E-state index in [1.807, 2.05) is 22.2 Å². The summed E-state index contributed by atoms with van der Waals surface area (Å²) in [5.74, 6) is 0.758. The standard InChI is InChI=1S/C16H17N3O3S/c1-21-12-4-3-5-13(22-2)14(12)15(20)17-7-6-11-10-19-8-9-23-16(19)18-11/h3-5,8-10H,6-7H2,1-2H3,(H,17,20). The molecule has 3 aromatic rings. The SMILES string of the molecule is COc1cccc(OC)c1C(=O)NCCc1cn2ccsc2n1. The Kier molecular flexibility index (Phi) is 4.47. The number of fused-ring (bicyclic) bond motifs is 1. The second-order valence-electron chi connectivity index (χ2n) is 4.87. The Hall–Kier alpha value is -2.54. The predicted molar refractivity (Wildman–Crippen MR) is 88.7 cm³/mol. The van der Waals surface area contributed by atoms with Gasteiger partial charge in [-0.25, -0.2) is 4.98 Å². The fraction of sp³-hybridized carbons (Fsp3) is 0.250. The molecule has 120 valence electrons. The first kappa shape index (κ1) is 15.4. The normalized spacial score (nSPS) is 10.7. The van der Waals surface area contributed by atoms with E-state index < -0.39 is 0 Å². The van der Waals surface area contributed by atoms with Crippen molar-refractivity contribution in [2.75, 3.05) is 20.8 Å². The fourth-order valence-electron chi connectivity index (χ4n) is 2.36. The molecule has 6 nitrogen and oxygen atoms in total. The number of hydrogen-bond donors (Lipinski definition) is 1. The van der Waals surface area contributed by atoms with E-state index in [9.17, 15) is 4.79 Å². The molecule has 0 bridgehead atoms. The lowest BCUT2D eigenvalue weighted by Gasteiger charge is -2.12. The quantitative estimate of drug-likeness (QED) is 0.753. The van der Waals surface area contributed by atoms with Crippen molar-refractivity contribution in [3.63, 3.8) is 0 Å². The molecule has 0 aliphatic carbocycles. The average Bonchev–Trinajstić information content (AvgIpc) is 3.15. The van der Waals surface area contributed by atoms with Gasteiger partial charge in [-0.1, -0.05) is 6.07 Å². The van der Waals surface area contributed by atoms with Crippen LogP contribution in [0.25, 0.3) is 4.96 Å². The summed E-state index contributed by atoms with van der Waals surface area (Å²) in [5, 5.41) is 4.88. The van der Waals surface area contributed by atoms with Crippen LogP contribution in [0.2, 0.25) is 0 Å². The number of carbonyl (C=O) groups is 1. The molecule has 0 aliphatic heterocycles. The van der Waals surface area contributed by atoms with Gasteiger partial charge in [-0.3, -0.25) is 9.20 Å². The van der Waals surface area contributed by atoms with Gasteiger partial charge < -0.3 is 14.8 Å². The third kappa shape index (κ3) is 3.14. The highest BCUT2D eigenvalue weighted by atomic mass is 32.1. The van der Waals surface area contributed by atoms with E-state index in [1.165, 1.54) is 14.2 Å². The molecule has 7 heteroatoms. The number of methoxy groups -OCH3 is 2. The van der Waals surface area contributed by atoms with Crippen LogP contribution in [0.15, 0.2) is 36.0 Å². The minimum Gasteiger partial charge on any atom is -0.496 e. The van der Waals surface area contributed by atoms with Crippen molar-refractivity contribution in [1.82, 2.24) is 14.7 Å².